The lowest BCUT2D eigenvalue weighted by atomic mass is 9.94. The van der Waals surface area contributed by atoms with E-state index in [1.54, 1.807) is 0 Å². The Balaban J connectivity index is 1.79. The largest absolute Gasteiger partial charge is 0.443 e. The van der Waals surface area contributed by atoms with Gasteiger partial charge in [-0.1, -0.05) is 44.2 Å². The maximum atomic E-state index is 5.94. The molecule has 0 spiro atoms. The number of aromatic nitrogens is 1. The summed E-state index contributed by atoms with van der Waals surface area (Å²) in [5, 5.41) is 3.33. The van der Waals surface area contributed by atoms with Crippen molar-refractivity contribution in [3.8, 4) is 0 Å². The van der Waals surface area contributed by atoms with Gasteiger partial charge in [0.25, 0.3) is 0 Å². The molecule has 0 radical (unpaired) electrons. The highest BCUT2D eigenvalue weighted by molar-refractivity contribution is 5.39. The van der Waals surface area contributed by atoms with Crippen molar-refractivity contribution in [2.24, 2.45) is 0 Å². The first-order chi connectivity index (χ1) is 9.21. The van der Waals surface area contributed by atoms with Crippen LogP contribution in [0.4, 0.5) is 0 Å². The van der Waals surface area contributed by atoms with E-state index in [9.17, 15) is 0 Å². The zero-order valence-electron chi connectivity index (χ0n) is 11.5. The molecule has 1 fully saturated rings. The first-order valence-electron chi connectivity index (χ1n) is 6.95. The average Bonchev–Trinajstić information content (AvgIpc) is 3.10. The third-order valence-electron chi connectivity index (χ3n) is 3.76. The first kappa shape index (κ1) is 12.4. The number of hydrogen-bond donors (Lipinski definition) is 1. The summed E-state index contributed by atoms with van der Waals surface area (Å²) in [5.41, 5.74) is 1.43. The van der Waals surface area contributed by atoms with Crippen LogP contribution in [0.5, 0.6) is 0 Å². The highest BCUT2D eigenvalue weighted by Gasteiger charge is 2.48. The quantitative estimate of drug-likeness (QED) is 0.892. The van der Waals surface area contributed by atoms with Gasteiger partial charge in [0.2, 0.25) is 5.89 Å². The van der Waals surface area contributed by atoms with E-state index in [0.717, 1.165) is 24.5 Å². The first-order valence-corrected chi connectivity index (χ1v) is 6.95. The van der Waals surface area contributed by atoms with Crippen LogP contribution in [-0.2, 0) is 12.0 Å². The van der Waals surface area contributed by atoms with Crippen LogP contribution in [0, 0.1) is 0 Å². The molecule has 0 unspecified atom stereocenters. The molecular weight excluding hydrogens is 236 g/mol. The Morgan fingerprint density at radius 3 is 2.63 bits per heavy atom. The minimum Gasteiger partial charge on any atom is -0.443 e. The number of rotatable bonds is 5. The lowest BCUT2D eigenvalue weighted by molar-refractivity contribution is 0.409. The van der Waals surface area contributed by atoms with E-state index in [1.165, 1.54) is 5.56 Å². The lowest BCUT2D eigenvalue weighted by Gasteiger charge is -2.12. The van der Waals surface area contributed by atoms with Gasteiger partial charge in [-0.2, -0.15) is 0 Å². The monoisotopic (exact) mass is 256 g/mol. The predicted molar refractivity (Wildman–Crippen MR) is 74.9 cm³/mol. The molecule has 1 heterocycles. The number of benzene rings is 1. The minimum absolute atomic E-state index is 0.0876. The van der Waals surface area contributed by atoms with Gasteiger partial charge >= 0.3 is 0 Å². The van der Waals surface area contributed by atoms with Crippen LogP contribution in [0.3, 0.4) is 0 Å². The minimum atomic E-state index is 0.0876. The number of nitrogens with one attached hydrogen (secondary N) is 1. The van der Waals surface area contributed by atoms with Crippen LogP contribution < -0.4 is 5.32 Å². The van der Waals surface area contributed by atoms with Gasteiger partial charge < -0.3 is 9.73 Å². The topological polar surface area (TPSA) is 38.1 Å². The lowest BCUT2D eigenvalue weighted by Crippen LogP contribution is -2.21. The molecule has 0 aliphatic heterocycles. The van der Waals surface area contributed by atoms with Crippen molar-refractivity contribution in [2.75, 3.05) is 0 Å². The fourth-order valence-corrected chi connectivity index (χ4v) is 2.46. The van der Waals surface area contributed by atoms with Gasteiger partial charge in [-0.15, -0.1) is 0 Å². The summed E-state index contributed by atoms with van der Waals surface area (Å²) in [6, 6.07) is 11.0. The second kappa shape index (κ2) is 4.82. The van der Waals surface area contributed by atoms with Crippen molar-refractivity contribution in [1.82, 2.24) is 10.3 Å². The van der Waals surface area contributed by atoms with Crippen LogP contribution in [0.25, 0.3) is 0 Å². The second-order valence-electron chi connectivity index (χ2n) is 5.60. The SMILES string of the molecule is CC(C)NCc1ncc(C2(c3ccccc3)CC2)o1. The number of nitrogens with zero attached hydrogens (tertiary/aromatic N) is 1. The maximum absolute atomic E-state index is 5.94. The summed E-state index contributed by atoms with van der Waals surface area (Å²) in [7, 11) is 0. The molecule has 1 aliphatic carbocycles. The second-order valence-corrected chi connectivity index (χ2v) is 5.60. The van der Waals surface area contributed by atoms with E-state index in [-0.39, 0.29) is 5.41 Å². The molecule has 1 aromatic heterocycles. The van der Waals surface area contributed by atoms with Crippen molar-refractivity contribution >= 4 is 0 Å². The molecule has 2 aromatic rings. The predicted octanol–water partition coefficient (Wildman–Crippen LogP) is 3.25. The molecule has 100 valence electrons. The van der Waals surface area contributed by atoms with Crippen molar-refractivity contribution in [3.63, 3.8) is 0 Å². The van der Waals surface area contributed by atoms with Gasteiger partial charge in [0.15, 0.2) is 0 Å². The van der Waals surface area contributed by atoms with Gasteiger partial charge in [-0.05, 0) is 18.4 Å². The Kier molecular flexibility index (Phi) is 3.15. The standard InChI is InChI=1S/C16H20N2O/c1-12(2)17-11-15-18-10-14(19-15)16(8-9-16)13-6-4-3-5-7-13/h3-7,10,12,17H,8-9,11H2,1-2H3. The fraction of sp³-hybridized carbons (Fsp3) is 0.438. The Morgan fingerprint density at radius 2 is 2.00 bits per heavy atom. The zero-order chi connectivity index (χ0) is 13.3. The fourth-order valence-electron chi connectivity index (χ4n) is 2.46. The van der Waals surface area contributed by atoms with Crippen molar-refractivity contribution in [1.29, 1.82) is 0 Å². The summed E-state index contributed by atoms with van der Waals surface area (Å²) in [5.74, 6) is 1.80. The molecule has 1 N–H and O–H groups in total. The Labute approximate surface area is 114 Å². The van der Waals surface area contributed by atoms with E-state index in [4.69, 9.17) is 4.42 Å². The summed E-state index contributed by atoms with van der Waals surface area (Å²) < 4.78 is 5.94. The van der Waals surface area contributed by atoms with Crippen LogP contribution in [0.1, 0.15) is 43.9 Å². The van der Waals surface area contributed by atoms with Gasteiger partial charge in [-0.25, -0.2) is 4.98 Å². The van der Waals surface area contributed by atoms with Gasteiger partial charge in [-0.3, -0.25) is 0 Å². The smallest absolute Gasteiger partial charge is 0.208 e. The molecular formula is C16H20N2O. The van der Waals surface area contributed by atoms with E-state index >= 15 is 0 Å². The molecule has 0 saturated heterocycles. The molecule has 1 aliphatic rings. The highest BCUT2D eigenvalue weighted by Crippen LogP contribution is 2.53. The number of oxazole rings is 1. The summed E-state index contributed by atoms with van der Waals surface area (Å²) in [4.78, 5) is 4.39. The van der Waals surface area contributed by atoms with Gasteiger partial charge in [0, 0.05) is 6.04 Å². The van der Waals surface area contributed by atoms with E-state index < -0.39 is 0 Å². The Bertz CT molecular complexity index is 541. The van der Waals surface area contributed by atoms with Crippen LogP contribution in [0.15, 0.2) is 40.9 Å². The molecule has 3 nitrogen and oxygen atoms in total. The maximum Gasteiger partial charge on any atom is 0.208 e. The van der Waals surface area contributed by atoms with Crippen molar-refractivity contribution in [3.05, 3.63) is 53.7 Å². The molecule has 3 heteroatoms. The molecule has 1 saturated carbocycles. The average molecular weight is 256 g/mol. The van der Waals surface area contributed by atoms with Crippen LogP contribution in [0.2, 0.25) is 0 Å². The third kappa shape index (κ3) is 2.43. The van der Waals surface area contributed by atoms with E-state index in [1.807, 2.05) is 6.20 Å². The summed E-state index contributed by atoms with van der Waals surface area (Å²) >= 11 is 0. The summed E-state index contributed by atoms with van der Waals surface area (Å²) in [6.07, 6.45) is 4.21. The normalized spacial score (nSPS) is 16.8. The van der Waals surface area contributed by atoms with Crippen LogP contribution >= 0.6 is 0 Å². The van der Waals surface area contributed by atoms with Crippen molar-refractivity contribution in [2.45, 2.75) is 44.7 Å². The molecule has 0 amide bonds. The molecule has 1 aromatic carbocycles. The van der Waals surface area contributed by atoms with E-state index in [2.05, 4.69) is 54.5 Å². The Hall–Kier alpha value is -1.61. The third-order valence-corrected chi connectivity index (χ3v) is 3.76. The molecule has 3 rings (SSSR count). The highest BCUT2D eigenvalue weighted by atomic mass is 16.4. The molecule has 19 heavy (non-hydrogen) atoms. The summed E-state index contributed by atoms with van der Waals surface area (Å²) in [6.45, 7) is 4.94. The van der Waals surface area contributed by atoms with Crippen molar-refractivity contribution < 1.29 is 4.42 Å². The van der Waals surface area contributed by atoms with Gasteiger partial charge in [0.1, 0.15) is 5.76 Å². The zero-order valence-corrected chi connectivity index (χ0v) is 11.5. The van der Waals surface area contributed by atoms with E-state index in [0.29, 0.717) is 12.6 Å². The van der Waals surface area contributed by atoms with Crippen LogP contribution in [-0.4, -0.2) is 11.0 Å². The number of hydrogen-bond acceptors (Lipinski definition) is 3. The Morgan fingerprint density at radius 1 is 1.26 bits per heavy atom. The molecule has 0 bridgehead atoms. The molecule has 0 atom stereocenters. The van der Waals surface area contributed by atoms with Gasteiger partial charge in [0.05, 0.1) is 18.2 Å².